The third-order valence-corrected chi connectivity index (χ3v) is 4.14. The Balaban J connectivity index is 1.74. The molecule has 1 atom stereocenters. The van der Waals surface area contributed by atoms with Crippen molar-refractivity contribution in [2.45, 2.75) is 12.5 Å². The lowest BCUT2D eigenvalue weighted by molar-refractivity contribution is 0.0917. The number of rotatable bonds is 7. The van der Waals surface area contributed by atoms with E-state index in [9.17, 15) is 9.90 Å². The summed E-state index contributed by atoms with van der Waals surface area (Å²) < 4.78 is 5.16. The van der Waals surface area contributed by atoms with Gasteiger partial charge in [-0.15, -0.1) is 0 Å². The standard InChI is InChI=1S/C20H21N3O3/c1-26-17-9-7-15(8-10-17)19-18(12-21-23-19)20(25)22-16(13-24)11-14-5-3-2-4-6-14/h2-10,12,16,24H,11,13H2,1H3,(H,21,23)(H,22,25). The number of H-pyrrole nitrogens is 1. The number of aromatic nitrogens is 2. The molecule has 0 aliphatic carbocycles. The van der Waals surface area contributed by atoms with Crippen LogP contribution < -0.4 is 10.1 Å². The Morgan fingerprint density at radius 1 is 1.19 bits per heavy atom. The third kappa shape index (κ3) is 4.10. The van der Waals surface area contributed by atoms with Crippen LogP contribution in [0, 0.1) is 0 Å². The second-order valence-corrected chi connectivity index (χ2v) is 5.93. The number of nitrogens with zero attached hydrogens (tertiary/aromatic N) is 1. The van der Waals surface area contributed by atoms with E-state index in [1.54, 1.807) is 7.11 Å². The summed E-state index contributed by atoms with van der Waals surface area (Å²) >= 11 is 0. The number of aliphatic hydroxyl groups is 1. The highest BCUT2D eigenvalue weighted by molar-refractivity contribution is 5.99. The Morgan fingerprint density at radius 2 is 1.92 bits per heavy atom. The molecule has 1 amide bonds. The third-order valence-electron chi connectivity index (χ3n) is 4.14. The van der Waals surface area contributed by atoms with Crippen molar-refractivity contribution in [2.24, 2.45) is 0 Å². The van der Waals surface area contributed by atoms with Gasteiger partial charge in [-0.3, -0.25) is 9.89 Å². The Morgan fingerprint density at radius 3 is 2.58 bits per heavy atom. The lowest BCUT2D eigenvalue weighted by Gasteiger charge is -2.16. The molecular formula is C20H21N3O3. The van der Waals surface area contributed by atoms with Gasteiger partial charge in [-0.1, -0.05) is 30.3 Å². The second kappa shape index (κ2) is 8.31. The molecular weight excluding hydrogens is 330 g/mol. The topological polar surface area (TPSA) is 87.2 Å². The number of ether oxygens (including phenoxy) is 1. The smallest absolute Gasteiger partial charge is 0.255 e. The summed E-state index contributed by atoms with van der Waals surface area (Å²) in [6.07, 6.45) is 2.05. The number of hydrogen-bond acceptors (Lipinski definition) is 4. The molecule has 1 heterocycles. The molecule has 0 fully saturated rings. The van der Waals surface area contributed by atoms with Crippen LogP contribution in [0.1, 0.15) is 15.9 Å². The van der Waals surface area contributed by atoms with E-state index in [-0.39, 0.29) is 18.6 Å². The van der Waals surface area contributed by atoms with Gasteiger partial charge >= 0.3 is 0 Å². The maximum Gasteiger partial charge on any atom is 0.255 e. The summed E-state index contributed by atoms with van der Waals surface area (Å²) in [7, 11) is 1.60. The Kier molecular flexibility index (Phi) is 5.66. The lowest BCUT2D eigenvalue weighted by Crippen LogP contribution is -2.39. The van der Waals surface area contributed by atoms with E-state index in [2.05, 4.69) is 15.5 Å². The average molecular weight is 351 g/mol. The van der Waals surface area contributed by atoms with Gasteiger partial charge in [0.2, 0.25) is 0 Å². The number of nitrogens with one attached hydrogen (secondary N) is 2. The predicted molar refractivity (Wildman–Crippen MR) is 99.1 cm³/mol. The van der Waals surface area contributed by atoms with Crippen LogP contribution in [0.15, 0.2) is 60.8 Å². The number of aliphatic hydroxyl groups excluding tert-OH is 1. The molecule has 3 rings (SSSR count). The highest BCUT2D eigenvalue weighted by atomic mass is 16.5. The number of benzene rings is 2. The van der Waals surface area contributed by atoms with Crippen LogP contribution >= 0.6 is 0 Å². The van der Waals surface area contributed by atoms with Crippen LogP contribution in [0.4, 0.5) is 0 Å². The summed E-state index contributed by atoms with van der Waals surface area (Å²) in [5.41, 5.74) is 2.94. The number of carbonyl (C=O) groups is 1. The van der Waals surface area contributed by atoms with Crippen molar-refractivity contribution in [1.29, 1.82) is 0 Å². The SMILES string of the molecule is COc1ccc(-c2[nH]ncc2C(=O)NC(CO)Cc2ccccc2)cc1. The number of methoxy groups -OCH3 is 1. The van der Waals surface area contributed by atoms with Gasteiger partial charge in [0.1, 0.15) is 5.75 Å². The minimum atomic E-state index is -0.372. The van der Waals surface area contributed by atoms with Gasteiger partial charge < -0.3 is 15.2 Å². The van der Waals surface area contributed by atoms with Crippen LogP contribution in [0.25, 0.3) is 11.3 Å². The maximum atomic E-state index is 12.7. The Hall–Kier alpha value is -3.12. The van der Waals surface area contributed by atoms with E-state index in [1.807, 2.05) is 54.6 Å². The first-order chi connectivity index (χ1) is 12.7. The first-order valence-electron chi connectivity index (χ1n) is 8.34. The maximum absolute atomic E-state index is 12.7. The molecule has 3 aromatic rings. The van der Waals surface area contributed by atoms with Gasteiger partial charge in [-0.25, -0.2) is 0 Å². The van der Waals surface area contributed by atoms with Crippen molar-refractivity contribution in [2.75, 3.05) is 13.7 Å². The van der Waals surface area contributed by atoms with E-state index in [0.717, 1.165) is 16.9 Å². The van der Waals surface area contributed by atoms with Crippen LogP contribution in [0.5, 0.6) is 5.75 Å². The monoisotopic (exact) mass is 351 g/mol. The largest absolute Gasteiger partial charge is 0.497 e. The molecule has 6 heteroatoms. The van der Waals surface area contributed by atoms with Gasteiger partial charge in [-0.05, 0) is 36.2 Å². The van der Waals surface area contributed by atoms with E-state index in [0.29, 0.717) is 17.7 Å². The fourth-order valence-electron chi connectivity index (χ4n) is 2.76. The van der Waals surface area contributed by atoms with Crippen molar-refractivity contribution in [3.05, 3.63) is 71.9 Å². The van der Waals surface area contributed by atoms with Crippen molar-refractivity contribution in [3.63, 3.8) is 0 Å². The molecule has 0 saturated carbocycles. The van der Waals surface area contributed by atoms with Crippen molar-refractivity contribution in [1.82, 2.24) is 15.5 Å². The molecule has 6 nitrogen and oxygen atoms in total. The van der Waals surface area contributed by atoms with Crippen LogP contribution in [0.2, 0.25) is 0 Å². The molecule has 26 heavy (non-hydrogen) atoms. The molecule has 0 bridgehead atoms. The van der Waals surface area contributed by atoms with Gasteiger partial charge in [0.05, 0.1) is 37.2 Å². The van der Waals surface area contributed by atoms with E-state index in [4.69, 9.17) is 4.74 Å². The van der Waals surface area contributed by atoms with E-state index < -0.39 is 0 Å². The first-order valence-corrected chi connectivity index (χ1v) is 8.34. The molecule has 134 valence electrons. The van der Waals surface area contributed by atoms with Crippen LogP contribution in [-0.4, -0.2) is 41.0 Å². The van der Waals surface area contributed by atoms with Gasteiger partial charge in [0.25, 0.3) is 5.91 Å². The highest BCUT2D eigenvalue weighted by Gasteiger charge is 2.19. The quantitative estimate of drug-likeness (QED) is 0.610. The number of carbonyl (C=O) groups excluding carboxylic acids is 1. The summed E-state index contributed by atoms with van der Waals surface area (Å²) in [4.78, 5) is 12.7. The summed E-state index contributed by atoms with van der Waals surface area (Å²) in [6, 6.07) is 16.7. The average Bonchev–Trinajstić information content (AvgIpc) is 3.18. The van der Waals surface area contributed by atoms with Crippen LogP contribution in [-0.2, 0) is 6.42 Å². The highest BCUT2D eigenvalue weighted by Crippen LogP contribution is 2.23. The molecule has 0 aliphatic rings. The minimum Gasteiger partial charge on any atom is -0.497 e. The summed E-state index contributed by atoms with van der Waals surface area (Å²) in [6.45, 7) is -0.143. The zero-order chi connectivity index (χ0) is 18.4. The fraction of sp³-hybridized carbons (Fsp3) is 0.200. The molecule has 1 aromatic heterocycles. The molecule has 3 N–H and O–H groups in total. The Labute approximate surface area is 151 Å². The molecule has 0 spiro atoms. The second-order valence-electron chi connectivity index (χ2n) is 5.93. The fourth-order valence-corrected chi connectivity index (χ4v) is 2.76. The summed E-state index contributed by atoms with van der Waals surface area (Å²) in [5, 5.41) is 19.4. The molecule has 0 saturated heterocycles. The number of aromatic amines is 1. The minimum absolute atomic E-state index is 0.143. The molecule has 0 radical (unpaired) electrons. The summed E-state index contributed by atoms with van der Waals surface area (Å²) in [5.74, 6) is 0.460. The van der Waals surface area contributed by atoms with Crippen LogP contribution in [0.3, 0.4) is 0 Å². The van der Waals surface area contributed by atoms with Crippen molar-refractivity contribution in [3.8, 4) is 17.0 Å². The molecule has 0 aliphatic heterocycles. The van der Waals surface area contributed by atoms with Gasteiger partial charge in [0, 0.05) is 5.56 Å². The van der Waals surface area contributed by atoms with Gasteiger partial charge in [-0.2, -0.15) is 5.10 Å². The predicted octanol–water partition coefficient (Wildman–Crippen LogP) is 2.42. The first kappa shape index (κ1) is 17.7. The number of hydrogen-bond donors (Lipinski definition) is 3. The van der Waals surface area contributed by atoms with E-state index in [1.165, 1.54) is 6.20 Å². The zero-order valence-corrected chi connectivity index (χ0v) is 14.5. The zero-order valence-electron chi connectivity index (χ0n) is 14.5. The van der Waals surface area contributed by atoms with Crippen molar-refractivity contribution >= 4 is 5.91 Å². The lowest BCUT2D eigenvalue weighted by atomic mass is 10.0. The van der Waals surface area contributed by atoms with E-state index >= 15 is 0 Å². The Bertz CT molecular complexity index is 844. The normalized spacial score (nSPS) is 11.8. The molecule has 2 aromatic carbocycles. The molecule has 1 unspecified atom stereocenters. The van der Waals surface area contributed by atoms with Crippen molar-refractivity contribution < 1.29 is 14.6 Å². The number of amides is 1. The van der Waals surface area contributed by atoms with Gasteiger partial charge in [0.15, 0.2) is 0 Å².